The maximum Gasteiger partial charge on any atom is 0.412 e. The molecule has 1 amide bonds. The van der Waals surface area contributed by atoms with Crippen molar-refractivity contribution in [1.29, 1.82) is 0 Å². The topological polar surface area (TPSA) is 77.5 Å². The van der Waals surface area contributed by atoms with Gasteiger partial charge in [0, 0.05) is 0 Å². The fourth-order valence-electron chi connectivity index (χ4n) is 1.36. The van der Waals surface area contributed by atoms with Crippen molar-refractivity contribution in [3.05, 3.63) is 23.5 Å². The molecule has 6 nitrogen and oxygen atoms in total. The van der Waals surface area contributed by atoms with Gasteiger partial charge in [-0.3, -0.25) is 10.3 Å². The van der Waals surface area contributed by atoms with Gasteiger partial charge in [0.2, 0.25) is 0 Å². The summed E-state index contributed by atoms with van der Waals surface area (Å²) in [5.74, 6) is -0.599. The lowest BCUT2D eigenvalue weighted by atomic mass is 10.2. The summed E-state index contributed by atoms with van der Waals surface area (Å²) in [5, 5.41) is 2.50. The molecule has 7 heteroatoms. The first-order valence-electron chi connectivity index (χ1n) is 5.92. The number of nitrogens with zero attached hydrogens (tertiary/aromatic N) is 1. The average Bonchev–Trinajstić information content (AvgIpc) is 2.29. The Kier molecular flexibility index (Phi) is 5.33. The summed E-state index contributed by atoms with van der Waals surface area (Å²) in [4.78, 5) is 27.3. The van der Waals surface area contributed by atoms with Crippen LogP contribution in [0.5, 0.6) is 0 Å². The van der Waals surface area contributed by atoms with Crippen LogP contribution in [0.3, 0.4) is 0 Å². The third kappa shape index (κ3) is 5.05. The second-order valence-electron chi connectivity index (χ2n) is 5.02. The monoisotopic (exact) mass is 300 g/mol. The summed E-state index contributed by atoms with van der Waals surface area (Å²) in [7, 11) is 0. The molecule has 0 unspecified atom stereocenters. The van der Waals surface area contributed by atoms with Gasteiger partial charge >= 0.3 is 12.1 Å². The van der Waals surface area contributed by atoms with Gasteiger partial charge in [-0.05, 0) is 33.8 Å². The lowest BCUT2D eigenvalue weighted by Crippen LogP contribution is -2.27. The molecule has 1 heterocycles. The summed E-state index contributed by atoms with van der Waals surface area (Å²) >= 11 is 5.34. The Morgan fingerprint density at radius 1 is 1.40 bits per heavy atom. The second-order valence-corrected chi connectivity index (χ2v) is 5.24. The van der Waals surface area contributed by atoms with Gasteiger partial charge in [0.15, 0.2) is 6.07 Å². The number of nitrogens with one attached hydrogen (secondary N) is 1. The number of carbonyl (C=O) groups is 2. The molecular weight excluding hydrogens is 284 g/mol. The Bertz CT molecular complexity index is 512. The lowest BCUT2D eigenvalue weighted by molar-refractivity contribution is 0.0570. The SMILES string of the molecule is Cc1ncc(NC(=O)OC(C)(C)C)cc1C(=O)OCCl. The zero-order valence-electron chi connectivity index (χ0n) is 11.8. The number of amides is 1. The molecule has 0 aromatic carbocycles. The van der Waals surface area contributed by atoms with E-state index in [1.807, 2.05) is 0 Å². The normalized spacial score (nSPS) is 10.8. The number of anilines is 1. The van der Waals surface area contributed by atoms with Crippen molar-refractivity contribution in [3.63, 3.8) is 0 Å². The third-order valence-corrected chi connectivity index (χ3v) is 2.25. The van der Waals surface area contributed by atoms with Gasteiger partial charge in [0.25, 0.3) is 0 Å². The van der Waals surface area contributed by atoms with Gasteiger partial charge in [-0.2, -0.15) is 0 Å². The highest BCUT2D eigenvalue weighted by molar-refractivity contribution is 6.17. The molecule has 110 valence electrons. The fourth-order valence-corrected chi connectivity index (χ4v) is 1.46. The van der Waals surface area contributed by atoms with Crippen molar-refractivity contribution in [2.75, 3.05) is 11.4 Å². The van der Waals surface area contributed by atoms with Crippen LogP contribution in [0.15, 0.2) is 12.3 Å². The number of pyridine rings is 1. The third-order valence-electron chi connectivity index (χ3n) is 2.14. The van der Waals surface area contributed by atoms with E-state index in [4.69, 9.17) is 21.1 Å². The quantitative estimate of drug-likeness (QED) is 0.685. The van der Waals surface area contributed by atoms with Crippen molar-refractivity contribution >= 4 is 29.4 Å². The summed E-state index contributed by atoms with van der Waals surface area (Å²) in [6, 6.07) is 1.21. The molecule has 1 N–H and O–H groups in total. The highest BCUT2D eigenvalue weighted by Gasteiger charge is 2.18. The number of carbonyl (C=O) groups excluding carboxylic acids is 2. The molecule has 0 aliphatic carbocycles. The van der Waals surface area contributed by atoms with Gasteiger partial charge in [-0.1, -0.05) is 11.6 Å². The molecule has 1 aromatic rings. The summed E-state index contributed by atoms with van der Waals surface area (Å²) in [6.07, 6.45) is 0.802. The van der Waals surface area contributed by atoms with Crippen LogP contribution in [0.25, 0.3) is 0 Å². The molecule has 0 radical (unpaired) electrons. The average molecular weight is 301 g/mol. The van der Waals surface area contributed by atoms with E-state index in [-0.39, 0.29) is 11.6 Å². The fraction of sp³-hybridized carbons (Fsp3) is 0.462. The first-order chi connectivity index (χ1) is 9.23. The summed E-state index contributed by atoms with van der Waals surface area (Å²) in [6.45, 7) is 6.91. The van der Waals surface area contributed by atoms with Crippen molar-refractivity contribution in [1.82, 2.24) is 4.98 Å². The van der Waals surface area contributed by atoms with Gasteiger partial charge in [-0.15, -0.1) is 0 Å². The molecule has 1 rings (SSSR count). The number of rotatable bonds is 3. The van der Waals surface area contributed by atoms with Crippen molar-refractivity contribution < 1.29 is 19.1 Å². The number of halogens is 1. The maximum atomic E-state index is 11.6. The van der Waals surface area contributed by atoms with Crippen LogP contribution >= 0.6 is 11.6 Å². The number of aryl methyl sites for hydroxylation is 1. The Morgan fingerprint density at radius 3 is 2.60 bits per heavy atom. The van der Waals surface area contributed by atoms with Crippen LogP contribution in [0.1, 0.15) is 36.8 Å². The Morgan fingerprint density at radius 2 is 2.05 bits per heavy atom. The summed E-state index contributed by atoms with van der Waals surface area (Å²) in [5.41, 5.74) is 0.447. The molecule has 0 bridgehead atoms. The first-order valence-corrected chi connectivity index (χ1v) is 6.46. The first kappa shape index (κ1) is 16.2. The number of esters is 1. The van der Waals surface area contributed by atoms with Crippen LogP contribution in [0, 0.1) is 6.92 Å². The minimum Gasteiger partial charge on any atom is -0.446 e. The largest absolute Gasteiger partial charge is 0.446 e. The van der Waals surface area contributed by atoms with E-state index < -0.39 is 17.7 Å². The Balaban J connectivity index is 2.85. The highest BCUT2D eigenvalue weighted by atomic mass is 35.5. The van der Waals surface area contributed by atoms with E-state index in [1.54, 1.807) is 27.7 Å². The number of ether oxygens (including phenoxy) is 2. The van der Waals surface area contributed by atoms with Crippen LogP contribution in [-0.4, -0.2) is 28.7 Å². The number of hydrogen-bond acceptors (Lipinski definition) is 5. The predicted octanol–water partition coefficient (Wildman–Crippen LogP) is 3.09. The Labute approximate surface area is 122 Å². The number of hydrogen-bond donors (Lipinski definition) is 1. The van der Waals surface area contributed by atoms with E-state index in [0.717, 1.165) is 0 Å². The zero-order chi connectivity index (χ0) is 15.3. The van der Waals surface area contributed by atoms with Gasteiger partial charge in [0.1, 0.15) is 5.60 Å². The summed E-state index contributed by atoms with van der Waals surface area (Å²) < 4.78 is 9.80. The molecule has 0 aliphatic rings. The van der Waals surface area contributed by atoms with E-state index in [0.29, 0.717) is 11.4 Å². The van der Waals surface area contributed by atoms with E-state index in [1.165, 1.54) is 12.3 Å². The smallest absolute Gasteiger partial charge is 0.412 e. The van der Waals surface area contributed by atoms with Crippen LogP contribution in [0.4, 0.5) is 10.5 Å². The number of alkyl halides is 1. The molecule has 0 saturated carbocycles. The minimum absolute atomic E-state index is 0.235. The minimum atomic E-state index is -0.625. The van der Waals surface area contributed by atoms with Gasteiger partial charge < -0.3 is 9.47 Å². The highest BCUT2D eigenvalue weighted by Crippen LogP contribution is 2.15. The van der Waals surface area contributed by atoms with Gasteiger partial charge in [-0.25, -0.2) is 9.59 Å². The second kappa shape index (κ2) is 6.56. The lowest BCUT2D eigenvalue weighted by Gasteiger charge is -2.19. The molecule has 0 atom stereocenters. The molecule has 20 heavy (non-hydrogen) atoms. The van der Waals surface area contributed by atoms with Gasteiger partial charge in [0.05, 0.1) is 23.1 Å². The van der Waals surface area contributed by atoms with Crippen molar-refractivity contribution in [3.8, 4) is 0 Å². The molecule has 0 aliphatic heterocycles. The van der Waals surface area contributed by atoms with E-state index >= 15 is 0 Å². The Hall–Kier alpha value is -1.82. The molecular formula is C13H17ClN2O4. The standard InChI is InChI=1S/C13H17ClN2O4/c1-8-10(11(17)19-7-14)5-9(6-15-8)16-12(18)20-13(2,3)4/h5-6H,7H2,1-4H3,(H,16,18). The van der Waals surface area contributed by atoms with Crippen LogP contribution < -0.4 is 5.32 Å². The number of aromatic nitrogens is 1. The van der Waals surface area contributed by atoms with Crippen LogP contribution in [0.2, 0.25) is 0 Å². The molecule has 1 aromatic heterocycles. The van der Waals surface area contributed by atoms with Crippen molar-refractivity contribution in [2.45, 2.75) is 33.3 Å². The predicted molar refractivity (Wildman–Crippen MR) is 75.0 cm³/mol. The zero-order valence-corrected chi connectivity index (χ0v) is 12.6. The molecule has 0 spiro atoms. The molecule has 0 saturated heterocycles. The van der Waals surface area contributed by atoms with E-state index in [2.05, 4.69) is 10.3 Å². The van der Waals surface area contributed by atoms with Crippen LogP contribution in [-0.2, 0) is 9.47 Å². The van der Waals surface area contributed by atoms with Crippen molar-refractivity contribution in [2.24, 2.45) is 0 Å². The van der Waals surface area contributed by atoms with E-state index in [9.17, 15) is 9.59 Å². The molecule has 0 fully saturated rings. The maximum absolute atomic E-state index is 11.6.